The van der Waals surface area contributed by atoms with Crippen molar-refractivity contribution in [3.05, 3.63) is 96.1 Å². The topological polar surface area (TPSA) is 95.5 Å². The van der Waals surface area contributed by atoms with E-state index < -0.39 is 11.9 Å². The van der Waals surface area contributed by atoms with E-state index in [-0.39, 0.29) is 12.4 Å². The van der Waals surface area contributed by atoms with Crippen LogP contribution in [0.2, 0.25) is 0 Å². The van der Waals surface area contributed by atoms with Gasteiger partial charge in [0.1, 0.15) is 11.5 Å². The summed E-state index contributed by atoms with van der Waals surface area (Å²) in [4.78, 5) is 24.8. The summed E-state index contributed by atoms with van der Waals surface area (Å²) in [6, 6.07) is 25.3. The van der Waals surface area contributed by atoms with Crippen molar-refractivity contribution in [3.8, 4) is 23.0 Å². The van der Waals surface area contributed by atoms with Crippen molar-refractivity contribution in [1.82, 2.24) is 5.43 Å². The molecule has 1 N–H and O–H groups in total. The summed E-state index contributed by atoms with van der Waals surface area (Å²) >= 11 is 0. The molecule has 0 unspecified atom stereocenters. The van der Waals surface area contributed by atoms with Crippen LogP contribution in [0.15, 0.2) is 90.0 Å². The zero-order valence-electron chi connectivity index (χ0n) is 21.9. The molecular weight excluding hydrogens is 496 g/mol. The van der Waals surface area contributed by atoms with E-state index in [2.05, 4.69) is 17.5 Å². The summed E-state index contributed by atoms with van der Waals surface area (Å²) in [5.74, 6) is 0.980. The molecule has 0 aliphatic heterocycles. The van der Waals surface area contributed by atoms with Crippen molar-refractivity contribution >= 4 is 28.9 Å². The number of unbranched alkanes of at least 4 members (excludes halogenated alkanes) is 1. The smallest absolute Gasteiger partial charge is 0.343 e. The Balaban J connectivity index is 1.28. The lowest BCUT2D eigenvalue weighted by Crippen LogP contribution is -2.24. The Labute approximate surface area is 227 Å². The first-order valence-corrected chi connectivity index (χ1v) is 12.6. The van der Waals surface area contributed by atoms with Crippen molar-refractivity contribution in [3.63, 3.8) is 0 Å². The average molecular weight is 527 g/mol. The van der Waals surface area contributed by atoms with E-state index >= 15 is 0 Å². The standard InChI is InChI=1S/C31H30N2O6/c1-3-4-17-37-26-13-11-24(12-14-26)31(35)39-28-16-9-22(18-29(28)36-2)20-32-33-30(34)21-38-27-15-10-23-7-5-6-8-25(23)19-27/h5-16,18-20H,3-4,17,21H2,1-2H3,(H,33,34)/b32-20-. The lowest BCUT2D eigenvalue weighted by Gasteiger charge is -2.10. The molecule has 0 saturated carbocycles. The summed E-state index contributed by atoms with van der Waals surface area (Å²) in [6.07, 6.45) is 3.48. The molecule has 39 heavy (non-hydrogen) atoms. The summed E-state index contributed by atoms with van der Waals surface area (Å²) in [5.41, 5.74) is 3.46. The number of carbonyl (C=O) groups excluding carboxylic acids is 2. The SMILES string of the molecule is CCCCOc1ccc(C(=O)Oc2ccc(/C=N\NC(=O)COc3ccc4ccccc4c3)cc2OC)cc1. The van der Waals surface area contributed by atoms with Crippen molar-refractivity contribution in [1.29, 1.82) is 0 Å². The van der Waals surface area contributed by atoms with Crippen LogP contribution in [-0.2, 0) is 4.79 Å². The summed E-state index contributed by atoms with van der Waals surface area (Å²) in [7, 11) is 1.47. The summed E-state index contributed by atoms with van der Waals surface area (Å²) in [5, 5.41) is 6.10. The molecule has 0 spiro atoms. The number of methoxy groups -OCH3 is 1. The number of hydrazone groups is 1. The van der Waals surface area contributed by atoms with E-state index in [1.165, 1.54) is 13.3 Å². The Bertz CT molecular complexity index is 1450. The molecule has 4 aromatic rings. The van der Waals surface area contributed by atoms with Gasteiger partial charge in [0, 0.05) is 0 Å². The molecule has 8 nitrogen and oxygen atoms in total. The minimum Gasteiger partial charge on any atom is -0.494 e. The Kier molecular flexibility index (Phi) is 9.50. The Morgan fingerprint density at radius 3 is 2.38 bits per heavy atom. The average Bonchev–Trinajstić information content (AvgIpc) is 2.97. The van der Waals surface area contributed by atoms with Crippen LogP contribution in [-0.4, -0.2) is 38.4 Å². The number of ether oxygens (including phenoxy) is 4. The number of amides is 1. The van der Waals surface area contributed by atoms with Gasteiger partial charge in [-0.15, -0.1) is 0 Å². The third-order valence-electron chi connectivity index (χ3n) is 5.74. The first kappa shape index (κ1) is 27.2. The Morgan fingerprint density at radius 1 is 0.846 bits per heavy atom. The second-order valence-corrected chi connectivity index (χ2v) is 8.62. The fourth-order valence-electron chi connectivity index (χ4n) is 3.65. The van der Waals surface area contributed by atoms with E-state index in [0.29, 0.717) is 35.0 Å². The molecule has 0 aliphatic rings. The quantitative estimate of drug-likeness (QED) is 0.0827. The highest BCUT2D eigenvalue weighted by molar-refractivity contribution is 5.92. The summed E-state index contributed by atoms with van der Waals surface area (Å²) in [6.45, 7) is 2.55. The van der Waals surface area contributed by atoms with E-state index in [9.17, 15) is 9.59 Å². The molecule has 0 heterocycles. The fourth-order valence-corrected chi connectivity index (χ4v) is 3.65. The monoisotopic (exact) mass is 526 g/mol. The first-order chi connectivity index (χ1) is 19.1. The molecule has 0 bridgehead atoms. The van der Waals surface area contributed by atoms with Gasteiger partial charge in [0.2, 0.25) is 0 Å². The van der Waals surface area contributed by atoms with Crippen LogP contribution in [0.3, 0.4) is 0 Å². The third-order valence-corrected chi connectivity index (χ3v) is 5.74. The first-order valence-electron chi connectivity index (χ1n) is 12.6. The van der Waals surface area contributed by atoms with E-state index in [1.807, 2.05) is 42.5 Å². The molecule has 0 saturated heterocycles. The van der Waals surface area contributed by atoms with Gasteiger partial charge in [0.05, 0.1) is 25.5 Å². The Morgan fingerprint density at radius 2 is 1.62 bits per heavy atom. The van der Waals surface area contributed by atoms with E-state index in [1.54, 1.807) is 42.5 Å². The predicted octanol–water partition coefficient (Wildman–Crippen LogP) is 5.78. The molecule has 4 rings (SSSR count). The van der Waals surface area contributed by atoms with Gasteiger partial charge in [-0.2, -0.15) is 5.10 Å². The minimum atomic E-state index is -0.520. The van der Waals surface area contributed by atoms with Gasteiger partial charge < -0.3 is 18.9 Å². The van der Waals surface area contributed by atoms with Crippen molar-refractivity contribution in [2.45, 2.75) is 19.8 Å². The maximum Gasteiger partial charge on any atom is 0.343 e. The molecule has 0 radical (unpaired) electrons. The fraction of sp³-hybridized carbons (Fsp3) is 0.194. The molecule has 8 heteroatoms. The molecule has 0 aliphatic carbocycles. The van der Waals surface area contributed by atoms with Crippen LogP contribution in [0.25, 0.3) is 10.8 Å². The number of rotatable bonds is 12. The highest BCUT2D eigenvalue weighted by Gasteiger charge is 2.13. The summed E-state index contributed by atoms with van der Waals surface area (Å²) < 4.78 is 22.1. The van der Waals surface area contributed by atoms with Gasteiger partial charge in [-0.25, -0.2) is 10.2 Å². The molecule has 4 aromatic carbocycles. The van der Waals surface area contributed by atoms with E-state index in [4.69, 9.17) is 18.9 Å². The zero-order valence-corrected chi connectivity index (χ0v) is 21.9. The normalized spacial score (nSPS) is 10.8. The maximum atomic E-state index is 12.6. The second kappa shape index (κ2) is 13.6. The third kappa shape index (κ3) is 7.82. The second-order valence-electron chi connectivity index (χ2n) is 8.62. The lowest BCUT2D eigenvalue weighted by atomic mass is 10.1. The van der Waals surface area contributed by atoms with Crippen molar-refractivity contribution < 1.29 is 28.5 Å². The number of fused-ring (bicyclic) bond motifs is 1. The van der Waals surface area contributed by atoms with Crippen molar-refractivity contribution in [2.75, 3.05) is 20.3 Å². The minimum absolute atomic E-state index is 0.181. The molecular formula is C31H30N2O6. The highest BCUT2D eigenvalue weighted by atomic mass is 16.6. The van der Waals surface area contributed by atoms with Crippen LogP contribution < -0.4 is 24.4 Å². The number of hydrogen-bond donors (Lipinski definition) is 1. The number of nitrogens with one attached hydrogen (secondary N) is 1. The molecule has 200 valence electrons. The van der Waals surface area contributed by atoms with Crippen LogP contribution in [0.1, 0.15) is 35.7 Å². The molecule has 0 fully saturated rings. The largest absolute Gasteiger partial charge is 0.494 e. The van der Waals surface area contributed by atoms with Crippen LogP contribution >= 0.6 is 0 Å². The molecule has 1 amide bonds. The number of hydrogen-bond acceptors (Lipinski definition) is 7. The lowest BCUT2D eigenvalue weighted by molar-refractivity contribution is -0.123. The van der Waals surface area contributed by atoms with Gasteiger partial charge in [-0.3, -0.25) is 4.79 Å². The van der Waals surface area contributed by atoms with Gasteiger partial charge in [-0.1, -0.05) is 43.7 Å². The number of carbonyl (C=O) groups is 2. The Hall–Kier alpha value is -4.85. The number of nitrogens with zero attached hydrogens (tertiary/aromatic N) is 1. The van der Waals surface area contributed by atoms with Gasteiger partial charge in [0.25, 0.3) is 5.91 Å². The number of esters is 1. The van der Waals surface area contributed by atoms with Crippen LogP contribution in [0.4, 0.5) is 0 Å². The maximum absolute atomic E-state index is 12.6. The van der Waals surface area contributed by atoms with Gasteiger partial charge >= 0.3 is 5.97 Å². The van der Waals surface area contributed by atoms with Gasteiger partial charge in [0.15, 0.2) is 18.1 Å². The predicted molar refractivity (Wildman–Crippen MR) is 150 cm³/mol. The molecule has 0 atom stereocenters. The zero-order chi connectivity index (χ0) is 27.5. The highest BCUT2D eigenvalue weighted by Crippen LogP contribution is 2.28. The molecule has 0 aromatic heterocycles. The van der Waals surface area contributed by atoms with Crippen LogP contribution in [0.5, 0.6) is 23.0 Å². The van der Waals surface area contributed by atoms with Crippen LogP contribution in [0, 0.1) is 0 Å². The van der Waals surface area contributed by atoms with Gasteiger partial charge in [-0.05, 0) is 77.4 Å². The number of benzene rings is 4. The van der Waals surface area contributed by atoms with E-state index in [0.717, 1.165) is 23.6 Å². The van der Waals surface area contributed by atoms with Crippen molar-refractivity contribution in [2.24, 2.45) is 5.10 Å².